The van der Waals surface area contributed by atoms with Gasteiger partial charge >= 0.3 is 5.97 Å². The van der Waals surface area contributed by atoms with Crippen molar-refractivity contribution < 1.29 is 14.4 Å². The molecule has 1 aromatic carbocycles. The molecule has 6 heteroatoms. The first-order valence-electron chi connectivity index (χ1n) is 5.95. The second-order valence-electron chi connectivity index (χ2n) is 4.29. The van der Waals surface area contributed by atoms with E-state index in [1.54, 1.807) is 11.7 Å². The normalized spacial score (nSPS) is 10.7. The van der Waals surface area contributed by atoms with Gasteiger partial charge in [-0.05, 0) is 6.07 Å². The van der Waals surface area contributed by atoms with Gasteiger partial charge in [0.15, 0.2) is 0 Å². The van der Waals surface area contributed by atoms with Gasteiger partial charge in [0.25, 0.3) is 0 Å². The van der Waals surface area contributed by atoms with Gasteiger partial charge in [0.1, 0.15) is 5.69 Å². The summed E-state index contributed by atoms with van der Waals surface area (Å²) in [6.45, 7) is 0. The van der Waals surface area contributed by atoms with Crippen LogP contribution in [0.3, 0.4) is 0 Å². The number of aryl methyl sites for hydroxylation is 1. The van der Waals surface area contributed by atoms with E-state index in [-0.39, 0.29) is 5.76 Å². The van der Waals surface area contributed by atoms with E-state index in [1.165, 1.54) is 6.07 Å². The van der Waals surface area contributed by atoms with E-state index in [1.807, 2.05) is 36.4 Å². The van der Waals surface area contributed by atoms with Gasteiger partial charge in [0.05, 0.1) is 11.4 Å². The second kappa shape index (κ2) is 4.65. The molecule has 0 aliphatic carbocycles. The van der Waals surface area contributed by atoms with Crippen molar-refractivity contribution in [3.63, 3.8) is 0 Å². The number of hydrogen-bond donors (Lipinski definition) is 1. The highest BCUT2D eigenvalue weighted by Crippen LogP contribution is 2.25. The Labute approximate surface area is 114 Å². The number of nitrogens with zero attached hydrogens (tertiary/aromatic N) is 3. The summed E-state index contributed by atoms with van der Waals surface area (Å²) in [7, 11) is 1.77. The Bertz CT molecular complexity index is 759. The predicted molar refractivity (Wildman–Crippen MR) is 71.1 cm³/mol. The summed E-state index contributed by atoms with van der Waals surface area (Å²) in [5, 5.41) is 17.0. The maximum absolute atomic E-state index is 10.8. The van der Waals surface area contributed by atoms with E-state index in [4.69, 9.17) is 9.63 Å². The van der Waals surface area contributed by atoms with Crippen molar-refractivity contribution in [1.29, 1.82) is 0 Å². The predicted octanol–water partition coefficient (Wildman–Crippen LogP) is 2.44. The standard InChI is InChI=1S/C14H11N3O3/c1-17-12(11-8-13(14(18)19)20-16-11)7-10(15-17)9-5-3-2-4-6-9/h2-8H,1H3,(H,18,19). The van der Waals surface area contributed by atoms with Crippen molar-refractivity contribution in [3.05, 3.63) is 48.2 Å². The topological polar surface area (TPSA) is 81.2 Å². The highest BCUT2D eigenvalue weighted by molar-refractivity contribution is 5.85. The van der Waals surface area contributed by atoms with Crippen molar-refractivity contribution >= 4 is 5.97 Å². The zero-order valence-corrected chi connectivity index (χ0v) is 10.6. The number of rotatable bonds is 3. The van der Waals surface area contributed by atoms with E-state index >= 15 is 0 Å². The minimum Gasteiger partial charge on any atom is -0.475 e. The average Bonchev–Trinajstić information content (AvgIpc) is 3.06. The monoisotopic (exact) mass is 269 g/mol. The van der Waals surface area contributed by atoms with Crippen LogP contribution in [0.2, 0.25) is 0 Å². The molecule has 0 saturated carbocycles. The molecule has 0 aliphatic rings. The molecule has 0 atom stereocenters. The number of hydrogen-bond acceptors (Lipinski definition) is 4. The molecule has 0 bridgehead atoms. The third-order valence-corrected chi connectivity index (χ3v) is 2.93. The summed E-state index contributed by atoms with van der Waals surface area (Å²) in [5.74, 6) is -1.34. The van der Waals surface area contributed by atoms with Crippen LogP contribution < -0.4 is 0 Å². The van der Waals surface area contributed by atoms with E-state index in [2.05, 4.69) is 10.3 Å². The van der Waals surface area contributed by atoms with E-state index in [0.29, 0.717) is 11.4 Å². The van der Waals surface area contributed by atoms with Gasteiger partial charge in [-0.25, -0.2) is 4.79 Å². The van der Waals surface area contributed by atoms with E-state index < -0.39 is 5.97 Å². The van der Waals surface area contributed by atoms with Crippen molar-refractivity contribution in [3.8, 4) is 22.6 Å². The number of carbonyl (C=O) groups is 1. The Morgan fingerprint density at radius 1 is 1.20 bits per heavy atom. The number of aromatic nitrogens is 3. The van der Waals surface area contributed by atoms with Gasteiger partial charge in [0.2, 0.25) is 5.76 Å². The Balaban J connectivity index is 2.02. The molecular formula is C14H11N3O3. The van der Waals surface area contributed by atoms with Crippen molar-refractivity contribution in [1.82, 2.24) is 14.9 Å². The van der Waals surface area contributed by atoms with Crippen LogP contribution >= 0.6 is 0 Å². The van der Waals surface area contributed by atoms with Crippen LogP contribution in [0.15, 0.2) is 47.0 Å². The Hall–Kier alpha value is -2.89. The third-order valence-electron chi connectivity index (χ3n) is 2.93. The molecule has 0 spiro atoms. The van der Waals surface area contributed by atoms with Gasteiger partial charge in [-0.15, -0.1) is 0 Å². The lowest BCUT2D eigenvalue weighted by Crippen LogP contribution is -1.94. The lowest BCUT2D eigenvalue weighted by molar-refractivity contribution is 0.0652. The molecule has 100 valence electrons. The lowest BCUT2D eigenvalue weighted by atomic mass is 10.1. The molecule has 1 N–H and O–H groups in total. The molecule has 0 radical (unpaired) electrons. The quantitative estimate of drug-likeness (QED) is 0.789. The highest BCUT2D eigenvalue weighted by Gasteiger charge is 2.16. The number of benzene rings is 1. The van der Waals surface area contributed by atoms with Crippen molar-refractivity contribution in [2.75, 3.05) is 0 Å². The van der Waals surface area contributed by atoms with Crippen LogP contribution in [0.4, 0.5) is 0 Å². The SMILES string of the molecule is Cn1nc(-c2ccccc2)cc1-c1cc(C(=O)O)on1. The van der Waals surface area contributed by atoms with Crippen molar-refractivity contribution in [2.24, 2.45) is 7.05 Å². The third kappa shape index (κ3) is 2.07. The van der Waals surface area contributed by atoms with Crippen LogP contribution in [-0.2, 0) is 7.05 Å². The zero-order valence-electron chi connectivity index (χ0n) is 10.6. The first-order chi connectivity index (χ1) is 9.65. The first kappa shape index (κ1) is 12.2. The fourth-order valence-corrected chi connectivity index (χ4v) is 1.95. The van der Waals surface area contributed by atoms with Crippen LogP contribution in [0.1, 0.15) is 10.6 Å². The van der Waals surface area contributed by atoms with Gasteiger partial charge < -0.3 is 9.63 Å². The van der Waals surface area contributed by atoms with E-state index in [9.17, 15) is 4.79 Å². The van der Waals surface area contributed by atoms with Crippen molar-refractivity contribution in [2.45, 2.75) is 0 Å². The van der Waals surface area contributed by atoms with Gasteiger partial charge in [-0.3, -0.25) is 4.68 Å². The fourth-order valence-electron chi connectivity index (χ4n) is 1.95. The molecule has 3 aromatic rings. The molecule has 0 aliphatic heterocycles. The molecule has 3 rings (SSSR count). The molecule has 0 unspecified atom stereocenters. The Morgan fingerprint density at radius 3 is 2.60 bits per heavy atom. The molecular weight excluding hydrogens is 258 g/mol. The van der Waals surface area contributed by atoms with Gasteiger partial charge in [0, 0.05) is 18.7 Å². The fraction of sp³-hybridized carbons (Fsp3) is 0.0714. The summed E-state index contributed by atoms with van der Waals surface area (Å²) in [6.07, 6.45) is 0. The van der Waals surface area contributed by atoms with Crippen LogP contribution in [-0.4, -0.2) is 26.0 Å². The molecule has 0 amide bonds. The van der Waals surface area contributed by atoms with Crippen LogP contribution in [0.5, 0.6) is 0 Å². The molecule has 0 fully saturated rings. The molecule has 2 aromatic heterocycles. The summed E-state index contributed by atoms with van der Waals surface area (Å²) in [6, 6.07) is 12.9. The van der Waals surface area contributed by atoms with Crippen LogP contribution in [0, 0.1) is 0 Å². The number of aromatic carboxylic acids is 1. The number of carboxylic acid groups (broad SMARTS) is 1. The largest absolute Gasteiger partial charge is 0.475 e. The highest BCUT2D eigenvalue weighted by atomic mass is 16.5. The average molecular weight is 269 g/mol. The smallest absolute Gasteiger partial charge is 0.374 e. The second-order valence-corrected chi connectivity index (χ2v) is 4.29. The maximum Gasteiger partial charge on any atom is 0.374 e. The summed E-state index contributed by atoms with van der Waals surface area (Å²) >= 11 is 0. The first-order valence-corrected chi connectivity index (χ1v) is 5.95. The van der Waals surface area contributed by atoms with Gasteiger partial charge in [-0.2, -0.15) is 5.10 Å². The molecule has 20 heavy (non-hydrogen) atoms. The van der Waals surface area contributed by atoms with Gasteiger partial charge in [-0.1, -0.05) is 35.5 Å². The Morgan fingerprint density at radius 2 is 1.95 bits per heavy atom. The number of carboxylic acids is 1. The Kier molecular flexibility index (Phi) is 2.83. The minimum atomic E-state index is -1.14. The van der Waals surface area contributed by atoms with E-state index in [0.717, 1.165) is 11.3 Å². The maximum atomic E-state index is 10.8. The molecule has 2 heterocycles. The lowest BCUT2D eigenvalue weighted by Gasteiger charge is -1.94. The minimum absolute atomic E-state index is 0.192. The summed E-state index contributed by atoms with van der Waals surface area (Å²) < 4.78 is 6.40. The summed E-state index contributed by atoms with van der Waals surface area (Å²) in [5.41, 5.74) is 2.92. The zero-order chi connectivity index (χ0) is 14.1. The molecule has 0 saturated heterocycles. The summed E-state index contributed by atoms with van der Waals surface area (Å²) in [4.78, 5) is 10.8. The molecule has 6 nitrogen and oxygen atoms in total. The van der Waals surface area contributed by atoms with Crippen LogP contribution in [0.25, 0.3) is 22.6 Å².